The van der Waals surface area contributed by atoms with Gasteiger partial charge in [0.25, 0.3) is 0 Å². The second-order valence-electron chi connectivity index (χ2n) is 8.58. The molecule has 7 nitrogen and oxygen atoms in total. The van der Waals surface area contributed by atoms with Crippen LogP contribution < -0.4 is 31.9 Å². The first-order chi connectivity index (χ1) is 17.8. The maximum atomic E-state index is 4.21. The number of fused-ring (bicyclic) bond motifs is 1. The van der Waals surface area contributed by atoms with Gasteiger partial charge in [-0.1, -0.05) is 35.6 Å². The van der Waals surface area contributed by atoms with Crippen LogP contribution in [-0.2, 0) is 0 Å². The highest BCUT2D eigenvalue weighted by atomic mass is 32.1. The van der Waals surface area contributed by atoms with Crippen LogP contribution in [0.3, 0.4) is 0 Å². The zero-order valence-electron chi connectivity index (χ0n) is 19.6. The molecule has 0 spiro atoms. The van der Waals surface area contributed by atoms with Gasteiger partial charge in [0.15, 0.2) is 0 Å². The zero-order valence-corrected chi connectivity index (χ0v) is 21.3. The lowest BCUT2D eigenvalue weighted by atomic mass is 10.1. The summed E-state index contributed by atoms with van der Waals surface area (Å²) in [5.41, 5.74) is 17.2. The van der Waals surface area contributed by atoms with Crippen molar-refractivity contribution in [2.75, 3.05) is 45.0 Å². The summed E-state index contributed by atoms with van der Waals surface area (Å²) in [7, 11) is 0. The predicted octanol–water partition coefficient (Wildman–Crippen LogP) is 7.58. The van der Waals surface area contributed by atoms with Gasteiger partial charge in [-0.15, -0.1) is 11.3 Å². The second kappa shape index (κ2) is 10.3. The first-order valence-corrected chi connectivity index (χ1v) is 13.7. The lowest BCUT2D eigenvalue weighted by molar-refractivity contribution is 0.949. The van der Waals surface area contributed by atoms with Crippen LogP contribution in [0.4, 0.5) is 37.9 Å². The lowest BCUT2D eigenvalue weighted by Gasteiger charge is -2.16. The number of aromatic nitrogens is 1. The molecular formula is C27H27N7S2. The predicted molar refractivity (Wildman–Crippen MR) is 156 cm³/mol. The fourth-order valence-electron chi connectivity index (χ4n) is 4.35. The minimum atomic E-state index is 0.831. The van der Waals surface area contributed by atoms with E-state index in [0.29, 0.717) is 0 Å². The molecule has 36 heavy (non-hydrogen) atoms. The van der Waals surface area contributed by atoms with Gasteiger partial charge < -0.3 is 10.2 Å². The third kappa shape index (κ3) is 5.02. The fraction of sp³-hybridized carbons (Fsp3) is 0.148. The standard InChI is InChI=1S/C27H27N7S2/c1-2-6-22-21(5-1)23(29-19-7-9-20(10-8-19)30-33-27-28-15-18-35-27)11-12-24(22)31-32-25-13-14-26(36-25)34-16-3-4-17-34/h1-2,5-15,18,29-32H,3-4,16-17H2,(H,28,33). The lowest BCUT2D eigenvalue weighted by Crippen LogP contribution is -2.15. The topological polar surface area (TPSA) is 76.3 Å². The van der Waals surface area contributed by atoms with Crippen molar-refractivity contribution >= 4 is 71.3 Å². The largest absolute Gasteiger partial charge is 0.363 e. The molecular weight excluding hydrogens is 486 g/mol. The van der Waals surface area contributed by atoms with Crippen molar-refractivity contribution in [1.29, 1.82) is 0 Å². The Kier molecular flexibility index (Phi) is 6.47. The quantitative estimate of drug-likeness (QED) is 0.130. The number of thiazole rings is 1. The summed E-state index contributed by atoms with van der Waals surface area (Å²) >= 11 is 3.34. The third-order valence-corrected chi connectivity index (χ3v) is 7.91. The molecule has 182 valence electrons. The van der Waals surface area contributed by atoms with Crippen molar-refractivity contribution in [1.82, 2.24) is 4.98 Å². The van der Waals surface area contributed by atoms with Crippen LogP contribution in [0, 0.1) is 0 Å². The van der Waals surface area contributed by atoms with Crippen LogP contribution in [0.1, 0.15) is 12.8 Å². The van der Waals surface area contributed by atoms with E-state index in [2.05, 4.69) is 97.6 Å². The van der Waals surface area contributed by atoms with Crippen LogP contribution in [0.2, 0.25) is 0 Å². The normalized spacial score (nSPS) is 13.1. The average Bonchev–Trinajstić information content (AvgIpc) is 3.71. The molecule has 0 atom stereocenters. The molecule has 6 rings (SSSR count). The molecule has 1 fully saturated rings. The molecule has 1 aliphatic rings. The van der Waals surface area contributed by atoms with Crippen molar-refractivity contribution in [3.63, 3.8) is 0 Å². The molecule has 0 unspecified atom stereocenters. The van der Waals surface area contributed by atoms with Crippen LogP contribution in [0.5, 0.6) is 0 Å². The Morgan fingerprint density at radius 2 is 1.44 bits per heavy atom. The number of nitrogens with one attached hydrogen (secondary N) is 5. The summed E-state index contributed by atoms with van der Waals surface area (Å²) in [6, 6.07) is 25.2. The molecule has 5 aromatic rings. The van der Waals surface area contributed by atoms with Gasteiger partial charge >= 0.3 is 0 Å². The van der Waals surface area contributed by atoms with E-state index in [1.807, 2.05) is 17.5 Å². The van der Waals surface area contributed by atoms with Crippen LogP contribution in [-0.4, -0.2) is 18.1 Å². The Labute approximate surface area is 218 Å². The number of hydrogen-bond donors (Lipinski definition) is 5. The SMILES string of the molecule is c1ccc2c(Nc3ccc(NNc4nccs4)cc3)ccc(NNc3ccc(N4CCCC4)s3)c2c1. The Bertz CT molecular complexity index is 1420. The van der Waals surface area contributed by atoms with Gasteiger partial charge in [-0.05, 0) is 61.4 Å². The molecule has 3 aromatic carbocycles. The maximum absolute atomic E-state index is 4.21. The first kappa shape index (κ1) is 22.5. The molecule has 0 aliphatic carbocycles. The van der Waals surface area contributed by atoms with Crippen molar-refractivity contribution in [2.45, 2.75) is 12.8 Å². The molecule has 1 saturated heterocycles. The number of hydrogen-bond acceptors (Lipinski definition) is 9. The number of benzene rings is 3. The summed E-state index contributed by atoms with van der Waals surface area (Å²) in [5, 5.41) is 11.1. The minimum absolute atomic E-state index is 0.831. The van der Waals surface area contributed by atoms with Crippen LogP contribution in [0.15, 0.2) is 84.4 Å². The molecule has 5 N–H and O–H groups in total. The zero-order chi connectivity index (χ0) is 24.2. The number of rotatable bonds is 9. The maximum Gasteiger partial charge on any atom is 0.201 e. The highest BCUT2D eigenvalue weighted by Crippen LogP contribution is 2.34. The van der Waals surface area contributed by atoms with E-state index in [0.717, 1.165) is 56.7 Å². The van der Waals surface area contributed by atoms with Gasteiger partial charge in [-0.2, -0.15) is 0 Å². The van der Waals surface area contributed by atoms with Gasteiger partial charge in [-0.3, -0.25) is 21.7 Å². The monoisotopic (exact) mass is 513 g/mol. The van der Waals surface area contributed by atoms with Gasteiger partial charge in [-0.25, -0.2) is 4.98 Å². The summed E-state index contributed by atoms with van der Waals surface area (Å²) in [4.78, 5) is 6.67. The first-order valence-electron chi connectivity index (χ1n) is 12.0. The average molecular weight is 514 g/mol. The summed E-state index contributed by atoms with van der Waals surface area (Å²) in [6.45, 7) is 2.32. The number of thiophene rings is 1. The van der Waals surface area contributed by atoms with E-state index in [1.54, 1.807) is 28.9 Å². The summed E-state index contributed by atoms with van der Waals surface area (Å²) < 4.78 is 0. The number of nitrogens with zero attached hydrogens (tertiary/aromatic N) is 2. The number of hydrazine groups is 2. The van der Waals surface area contributed by atoms with Crippen molar-refractivity contribution < 1.29 is 0 Å². The third-order valence-electron chi connectivity index (χ3n) is 6.16. The van der Waals surface area contributed by atoms with Crippen LogP contribution in [0.25, 0.3) is 10.8 Å². The Balaban J connectivity index is 1.14. The Morgan fingerprint density at radius 1 is 0.694 bits per heavy atom. The molecule has 0 radical (unpaired) electrons. The second-order valence-corrected chi connectivity index (χ2v) is 10.5. The molecule has 2 aromatic heterocycles. The van der Waals surface area contributed by atoms with E-state index in [1.165, 1.54) is 17.8 Å². The smallest absolute Gasteiger partial charge is 0.201 e. The van der Waals surface area contributed by atoms with Crippen molar-refractivity contribution in [2.24, 2.45) is 0 Å². The summed E-state index contributed by atoms with van der Waals surface area (Å²) in [5.74, 6) is 0. The van der Waals surface area contributed by atoms with Gasteiger partial charge in [0, 0.05) is 46.8 Å². The van der Waals surface area contributed by atoms with E-state index >= 15 is 0 Å². The fourth-order valence-corrected chi connectivity index (χ4v) is 5.75. The molecule has 9 heteroatoms. The van der Waals surface area contributed by atoms with Crippen molar-refractivity contribution in [3.8, 4) is 0 Å². The van der Waals surface area contributed by atoms with E-state index in [9.17, 15) is 0 Å². The molecule has 3 heterocycles. The van der Waals surface area contributed by atoms with Crippen molar-refractivity contribution in [3.05, 3.63) is 84.4 Å². The van der Waals surface area contributed by atoms with E-state index < -0.39 is 0 Å². The molecule has 0 amide bonds. The Morgan fingerprint density at radius 3 is 2.22 bits per heavy atom. The highest BCUT2D eigenvalue weighted by Gasteiger charge is 2.14. The van der Waals surface area contributed by atoms with E-state index in [-0.39, 0.29) is 0 Å². The molecule has 0 saturated carbocycles. The molecule has 0 bridgehead atoms. The molecule has 1 aliphatic heterocycles. The van der Waals surface area contributed by atoms with Gasteiger partial charge in [0.2, 0.25) is 5.13 Å². The number of anilines is 7. The van der Waals surface area contributed by atoms with Gasteiger partial charge in [0.05, 0.1) is 16.4 Å². The highest BCUT2D eigenvalue weighted by molar-refractivity contribution is 7.20. The minimum Gasteiger partial charge on any atom is -0.363 e. The van der Waals surface area contributed by atoms with E-state index in [4.69, 9.17) is 0 Å². The van der Waals surface area contributed by atoms with Crippen LogP contribution >= 0.6 is 22.7 Å². The Hall–Kier alpha value is -3.95. The summed E-state index contributed by atoms with van der Waals surface area (Å²) in [6.07, 6.45) is 4.35. The van der Waals surface area contributed by atoms with Gasteiger partial charge in [0.1, 0.15) is 5.00 Å².